The first kappa shape index (κ1) is 18.4. The predicted octanol–water partition coefficient (Wildman–Crippen LogP) is 1.47. The van der Waals surface area contributed by atoms with Crippen molar-refractivity contribution >= 4 is 5.91 Å². The number of aryl methyl sites for hydroxylation is 1. The second-order valence-electron chi connectivity index (χ2n) is 7.54. The van der Waals surface area contributed by atoms with Gasteiger partial charge in [-0.05, 0) is 30.4 Å². The minimum Gasteiger partial charge on any atom is -0.384 e. The van der Waals surface area contributed by atoms with Crippen LogP contribution in [0.25, 0.3) is 0 Å². The van der Waals surface area contributed by atoms with Gasteiger partial charge in [0.2, 0.25) is 0 Å². The SMILES string of the molecule is COCCN1C[C@H](COC)C2(CCN(C(=O)c3cccn3C)CC2)C1. The summed E-state index contributed by atoms with van der Waals surface area (Å²) >= 11 is 0. The molecule has 1 amide bonds. The van der Waals surface area contributed by atoms with Crippen molar-refractivity contribution < 1.29 is 14.3 Å². The van der Waals surface area contributed by atoms with Crippen LogP contribution in [0, 0.1) is 11.3 Å². The monoisotopic (exact) mass is 349 g/mol. The molecule has 0 radical (unpaired) electrons. The smallest absolute Gasteiger partial charge is 0.270 e. The van der Waals surface area contributed by atoms with Gasteiger partial charge < -0.3 is 23.8 Å². The molecule has 0 bridgehead atoms. The maximum atomic E-state index is 12.8. The van der Waals surface area contributed by atoms with Crippen molar-refractivity contribution in [3.8, 4) is 0 Å². The lowest BCUT2D eigenvalue weighted by Gasteiger charge is -2.42. The number of hydrogen-bond acceptors (Lipinski definition) is 4. The van der Waals surface area contributed by atoms with Crippen LogP contribution >= 0.6 is 0 Å². The summed E-state index contributed by atoms with van der Waals surface area (Å²) in [5.41, 5.74) is 1.05. The lowest BCUT2D eigenvalue weighted by atomic mass is 9.71. The quantitative estimate of drug-likeness (QED) is 0.780. The Bertz CT molecular complexity index is 578. The average molecular weight is 349 g/mol. The number of rotatable bonds is 6. The van der Waals surface area contributed by atoms with Crippen molar-refractivity contribution in [1.29, 1.82) is 0 Å². The van der Waals surface area contributed by atoms with Gasteiger partial charge in [0, 0.05) is 66.1 Å². The van der Waals surface area contributed by atoms with Crippen molar-refractivity contribution in [2.24, 2.45) is 18.4 Å². The predicted molar refractivity (Wildman–Crippen MR) is 96.7 cm³/mol. The zero-order valence-electron chi connectivity index (χ0n) is 15.7. The van der Waals surface area contributed by atoms with E-state index in [1.54, 1.807) is 14.2 Å². The number of piperidine rings is 1. The van der Waals surface area contributed by atoms with E-state index in [0.29, 0.717) is 5.92 Å². The summed E-state index contributed by atoms with van der Waals surface area (Å²) in [6.07, 6.45) is 4.04. The molecule has 2 aliphatic heterocycles. The minimum atomic E-state index is 0.153. The maximum Gasteiger partial charge on any atom is 0.270 e. The highest BCUT2D eigenvalue weighted by molar-refractivity contribution is 5.92. The molecule has 0 saturated carbocycles. The Labute approximate surface area is 150 Å². The molecule has 2 aliphatic rings. The number of likely N-dealkylation sites (tertiary alicyclic amines) is 2. The second-order valence-corrected chi connectivity index (χ2v) is 7.54. The molecule has 140 valence electrons. The number of ether oxygens (including phenoxy) is 2. The Kier molecular flexibility index (Phi) is 5.81. The van der Waals surface area contributed by atoms with Gasteiger partial charge in [-0.3, -0.25) is 4.79 Å². The van der Waals surface area contributed by atoms with Crippen molar-refractivity contribution in [3.63, 3.8) is 0 Å². The minimum absolute atomic E-state index is 0.153. The topological polar surface area (TPSA) is 46.9 Å². The summed E-state index contributed by atoms with van der Waals surface area (Å²) < 4.78 is 12.7. The number of carbonyl (C=O) groups is 1. The first-order chi connectivity index (χ1) is 12.1. The van der Waals surface area contributed by atoms with Gasteiger partial charge in [0.15, 0.2) is 0 Å². The molecule has 3 heterocycles. The highest BCUT2D eigenvalue weighted by atomic mass is 16.5. The Hall–Kier alpha value is -1.37. The number of nitrogens with zero attached hydrogens (tertiary/aromatic N) is 3. The van der Waals surface area contributed by atoms with E-state index in [9.17, 15) is 4.79 Å². The van der Waals surface area contributed by atoms with E-state index in [-0.39, 0.29) is 11.3 Å². The molecule has 2 fully saturated rings. The van der Waals surface area contributed by atoms with Gasteiger partial charge in [0.05, 0.1) is 13.2 Å². The second kappa shape index (κ2) is 7.89. The summed E-state index contributed by atoms with van der Waals surface area (Å²) in [4.78, 5) is 17.3. The lowest BCUT2D eigenvalue weighted by molar-refractivity contribution is 0.0316. The van der Waals surface area contributed by atoms with Gasteiger partial charge in [-0.15, -0.1) is 0 Å². The largest absolute Gasteiger partial charge is 0.384 e. The Morgan fingerprint density at radius 2 is 2.04 bits per heavy atom. The van der Waals surface area contributed by atoms with Crippen LogP contribution in [-0.4, -0.2) is 80.4 Å². The molecular formula is C19H31N3O3. The molecule has 3 rings (SSSR count). The first-order valence-electron chi connectivity index (χ1n) is 9.20. The third-order valence-electron chi connectivity index (χ3n) is 6.07. The van der Waals surface area contributed by atoms with Gasteiger partial charge in [0.1, 0.15) is 5.69 Å². The molecule has 1 aromatic rings. The van der Waals surface area contributed by atoms with Crippen LogP contribution < -0.4 is 0 Å². The van der Waals surface area contributed by atoms with Crippen LogP contribution in [-0.2, 0) is 16.5 Å². The van der Waals surface area contributed by atoms with Gasteiger partial charge in [-0.2, -0.15) is 0 Å². The number of amides is 1. The summed E-state index contributed by atoms with van der Waals surface area (Å²) in [5, 5.41) is 0. The van der Waals surface area contributed by atoms with E-state index in [2.05, 4.69) is 4.90 Å². The first-order valence-corrected chi connectivity index (χ1v) is 9.20. The zero-order chi connectivity index (χ0) is 17.9. The molecular weight excluding hydrogens is 318 g/mol. The van der Waals surface area contributed by atoms with E-state index in [0.717, 1.165) is 64.5 Å². The van der Waals surface area contributed by atoms with Crippen LogP contribution in [0.3, 0.4) is 0 Å². The normalized spacial score (nSPS) is 23.5. The molecule has 1 aromatic heterocycles. The third-order valence-corrected chi connectivity index (χ3v) is 6.07. The molecule has 2 saturated heterocycles. The number of methoxy groups -OCH3 is 2. The highest BCUT2D eigenvalue weighted by Crippen LogP contribution is 2.44. The van der Waals surface area contributed by atoms with E-state index in [4.69, 9.17) is 9.47 Å². The number of hydrogen-bond donors (Lipinski definition) is 0. The van der Waals surface area contributed by atoms with Gasteiger partial charge >= 0.3 is 0 Å². The molecule has 1 atom stereocenters. The van der Waals surface area contributed by atoms with Crippen molar-refractivity contribution in [2.75, 3.05) is 60.2 Å². The average Bonchev–Trinajstić information content (AvgIpc) is 3.18. The molecule has 0 N–H and O–H groups in total. The lowest BCUT2D eigenvalue weighted by Crippen LogP contribution is -2.47. The molecule has 0 aromatic carbocycles. The van der Waals surface area contributed by atoms with Crippen molar-refractivity contribution in [1.82, 2.24) is 14.4 Å². The summed E-state index contributed by atoms with van der Waals surface area (Å²) in [7, 11) is 5.48. The summed E-state index contributed by atoms with van der Waals surface area (Å²) in [5.74, 6) is 0.696. The van der Waals surface area contributed by atoms with Crippen LogP contribution in [0.15, 0.2) is 18.3 Å². The van der Waals surface area contributed by atoms with Gasteiger partial charge in [0.25, 0.3) is 5.91 Å². The van der Waals surface area contributed by atoms with Crippen LogP contribution in [0.2, 0.25) is 0 Å². The molecule has 1 spiro atoms. The maximum absolute atomic E-state index is 12.8. The highest BCUT2D eigenvalue weighted by Gasteiger charge is 2.48. The molecule has 0 unspecified atom stereocenters. The van der Waals surface area contributed by atoms with E-state index in [1.807, 2.05) is 34.8 Å². The summed E-state index contributed by atoms with van der Waals surface area (Å²) in [6.45, 7) is 6.39. The van der Waals surface area contributed by atoms with Crippen LogP contribution in [0.5, 0.6) is 0 Å². The Balaban J connectivity index is 1.64. The third kappa shape index (κ3) is 3.76. The fraction of sp³-hybridized carbons (Fsp3) is 0.737. The zero-order valence-corrected chi connectivity index (χ0v) is 15.7. The van der Waals surface area contributed by atoms with Gasteiger partial charge in [-0.1, -0.05) is 0 Å². The molecule has 6 heteroatoms. The molecule has 6 nitrogen and oxygen atoms in total. The standard InChI is InChI=1S/C19H31N3O3/c1-20-8-4-5-17(20)18(23)22-9-6-19(7-10-22)15-21(11-12-24-2)13-16(19)14-25-3/h4-5,8,16H,6-7,9-15H2,1-3H3/t16-/m1/s1. The van der Waals surface area contributed by atoms with Crippen molar-refractivity contribution in [2.45, 2.75) is 12.8 Å². The molecule has 25 heavy (non-hydrogen) atoms. The van der Waals surface area contributed by atoms with Crippen molar-refractivity contribution in [3.05, 3.63) is 24.0 Å². The molecule has 0 aliphatic carbocycles. The Morgan fingerprint density at radius 3 is 2.64 bits per heavy atom. The Morgan fingerprint density at radius 1 is 1.28 bits per heavy atom. The number of aromatic nitrogens is 1. The van der Waals surface area contributed by atoms with Gasteiger partial charge in [-0.25, -0.2) is 0 Å². The van der Waals surface area contributed by atoms with E-state index < -0.39 is 0 Å². The van der Waals surface area contributed by atoms with E-state index in [1.165, 1.54) is 0 Å². The fourth-order valence-electron chi connectivity index (χ4n) is 4.53. The fourth-order valence-corrected chi connectivity index (χ4v) is 4.53. The van der Waals surface area contributed by atoms with Crippen LogP contribution in [0.4, 0.5) is 0 Å². The van der Waals surface area contributed by atoms with E-state index >= 15 is 0 Å². The van der Waals surface area contributed by atoms with Crippen LogP contribution in [0.1, 0.15) is 23.3 Å². The summed E-state index contributed by atoms with van der Waals surface area (Å²) in [6, 6.07) is 3.83. The number of carbonyl (C=O) groups excluding carboxylic acids is 1.